The number of rotatable bonds is 5. The Balaban J connectivity index is 1.53. The number of ether oxygens (including phenoxy) is 1. The predicted octanol–water partition coefficient (Wildman–Crippen LogP) is 4.05. The van der Waals surface area contributed by atoms with Gasteiger partial charge in [-0.05, 0) is 69.0 Å². The molecule has 0 aromatic heterocycles. The number of hydrogen-bond donors (Lipinski definition) is 1. The Morgan fingerprint density at radius 3 is 2.68 bits per heavy atom. The first kappa shape index (κ1) is 19.9. The molecule has 2 aromatic rings. The number of nitrogens with one attached hydrogen (secondary N) is 1. The summed E-state index contributed by atoms with van der Waals surface area (Å²) in [4.78, 5) is 14.8. The van der Waals surface area contributed by atoms with Crippen molar-refractivity contribution in [1.29, 1.82) is 5.26 Å². The van der Waals surface area contributed by atoms with Crippen molar-refractivity contribution in [3.05, 3.63) is 59.2 Å². The number of likely N-dealkylation sites (tertiary alicyclic amines) is 1. The van der Waals surface area contributed by atoms with Crippen LogP contribution in [0.2, 0.25) is 0 Å². The van der Waals surface area contributed by atoms with Gasteiger partial charge in [0.05, 0.1) is 17.7 Å². The van der Waals surface area contributed by atoms with Gasteiger partial charge in [-0.25, -0.2) is 0 Å². The van der Waals surface area contributed by atoms with E-state index in [9.17, 15) is 4.79 Å². The average Bonchev–Trinajstić information content (AvgIpc) is 2.71. The summed E-state index contributed by atoms with van der Waals surface area (Å²) >= 11 is 0. The Kier molecular flexibility index (Phi) is 6.33. The highest BCUT2D eigenvalue weighted by Gasteiger charge is 2.27. The molecule has 0 bridgehead atoms. The number of aryl methyl sites for hydroxylation is 2. The van der Waals surface area contributed by atoms with Crippen LogP contribution < -0.4 is 10.1 Å². The van der Waals surface area contributed by atoms with Crippen molar-refractivity contribution in [3.8, 4) is 11.8 Å². The molecule has 0 aliphatic carbocycles. The highest BCUT2D eigenvalue weighted by molar-refractivity contribution is 5.94. The summed E-state index contributed by atoms with van der Waals surface area (Å²) in [5, 5.41) is 11.9. The van der Waals surface area contributed by atoms with Crippen molar-refractivity contribution in [3.63, 3.8) is 0 Å². The second-order valence-electron chi connectivity index (χ2n) is 7.48. The molecule has 5 heteroatoms. The number of hydrogen-bond acceptors (Lipinski definition) is 4. The molecule has 1 fully saturated rings. The van der Waals surface area contributed by atoms with Crippen LogP contribution >= 0.6 is 0 Å². The third kappa shape index (κ3) is 4.90. The lowest BCUT2D eigenvalue weighted by atomic mass is 10.0. The quantitative estimate of drug-likeness (QED) is 0.854. The molecule has 3 rings (SSSR count). The van der Waals surface area contributed by atoms with Gasteiger partial charge in [-0.3, -0.25) is 9.69 Å². The van der Waals surface area contributed by atoms with Gasteiger partial charge < -0.3 is 10.1 Å². The molecule has 2 aromatic carbocycles. The zero-order chi connectivity index (χ0) is 20.1. The molecule has 0 saturated carbocycles. The van der Waals surface area contributed by atoms with Crippen molar-refractivity contribution in [2.24, 2.45) is 0 Å². The first-order valence-electron chi connectivity index (χ1n) is 9.75. The molecule has 28 heavy (non-hydrogen) atoms. The van der Waals surface area contributed by atoms with E-state index in [1.54, 1.807) is 24.3 Å². The zero-order valence-corrected chi connectivity index (χ0v) is 16.7. The van der Waals surface area contributed by atoms with Crippen LogP contribution in [0.1, 0.15) is 36.5 Å². The first-order valence-corrected chi connectivity index (χ1v) is 9.75. The van der Waals surface area contributed by atoms with Crippen molar-refractivity contribution < 1.29 is 9.53 Å². The van der Waals surface area contributed by atoms with Gasteiger partial charge in [0.2, 0.25) is 5.91 Å². The topological polar surface area (TPSA) is 65.4 Å². The fourth-order valence-corrected chi connectivity index (χ4v) is 3.47. The lowest BCUT2D eigenvalue weighted by molar-refractivity contribution is -0.121. The van der Waals surface area contributed by atoms with Crippen LogP contribution in [0.4, 0.5) is 5.69 Å². The molecule has 1 saturated heterocycles. The SMILES string of the molecule is Cc1ccc(C)c(OC2CCN(C(C)C(=O)Nc3cccc(C#N)c3)CC2)c1. The molecule has 146 valence electrons. The van der Waals surface area contributed by atoms with E-state index in [-0.39, 0.29) is 18.1 Å². The summed E-state index contributed by atoms with van der Waals surface area (Å²) < 4.78 is 6.22. The molecule has 1 amide bonds. The van der Waals surface area contributed by atoms with Gasteiger partial charge in [-0.15, -0.1) is 0 Å². The van der Waals surface area contributed by atoms with Crippen molar-refractivity contribution >= 4 is 11.6 Å². The third-order valence-electron chi connectivity index (χ3n) is 5.30. The summed E-state index contributed by atoms with van der Waals surface area (Å²) in [6, 6.07) is 15.1. The van der Waals surface area contributed by atoms with Crippen molar-refractivity contribution in [2.45, 2.75) is 45.8 Å². The van der Waals surface area contributed by atoms with Crippen LogP contribution in [0.25, 0.3) is 0 Å². The number of carbonyl (C=O) groups excluding carboxylic acids is 1. The fourth-order valence-electron chi connectivity index (χ4n) is 3.47. The second-order valence-corrected chi connectivity index (χ2v) is 7.48. The van der Waals surface area contributed by atoms with Gasteiger partial charge in [0.1, 0.15) is 11.9 Å². The van der Waals surface area contributed by atoms with Gasteiger partial charge in [0.25, 0.3) is 0 Å². The Hall–Kier alpha value is -2.84. The Morgan fingerprint density at radius 1 is 1.21 bits per heavy atom. The summed E-state index contributed by atoms with van der Waals surface area (Å²) in [5.74, 6) is 0.908. The van der Waals surface area contributed by atoms with Gasteiger partial charge in [-0.2, -0.15) is 5.26 Å². The molecule has 1 aliphatic rings. The van der Waals surface area contributed by atoms with Crippen LogP contribution in [-0.2, 0) is 4.79 Å². The molecule has 1 heterocycles. The minimum Gasteiger partial charge on any atom is -0.490 e. The monoisotopic (exact) mass is 377 g/mol. The predicted molar refractivity (Wildman–Crippen MR) is 110 cm³/mol. The standard InChI is InChI=1S/C23H27N3O2/c1-16-7-8-17(2)22(13-16)28-21-9-11-26(12-10-21)18(3)23(27)25-20-6-4-5-19(14-20)15-24/h4-8,13-14,18,21H,9-12H2,1-3H3,(H,25,27). The van der Waals surface area contributed by atoms with Crippen LogP contribution in [0.5, 0.6) is 5.75 Å². The Bertz CT molecular complexity index is 880. The van der Waals surface area contributed by atoms with Crippen LogP contribution in [0.3, 0.4) is 0 Å². The number of nitriles is 1. The Labute approximate surface area is 166 Å². The molecular formula is C23H27N3O2. The number of piperidine rings is 1. The molecule has 5 nitrogen and oxygen atoms in total. The summed E-state index contributed by atoms with van der Waals surface area (Å²) in [5.41, 5.74) is 3.54. The molecule has 1 aliphatic heterocycles. The van der Waals surface area contributed by atoms with E-state index in [1.807, 2.05) is 6.92 Å². The number of carbonyl (C=O) groups is 1. The highest BCUT2D eigenvalue weighted by atomic mass is 16.5. The van der Waals surface area contributed by atoms with Crippen LogP contribution in [0, 0.1) is 25.2 Å². The van der Waals surface area contributed by atoms with Gasteiger partial charge in [-0.1, -0.05) is 18.2 Å². The summed E-state index contributed by atoms with van der Waals surface area (Å²) in [6.45, 7) is 7.71. The smallest absolute Gasteiger partial charge is 0.241 e. The summed E-state index contributed by atoms with van der Waals surface area (Å²) in [6.07, 6.45) is 1.98. The minimum absolute atomic E-state index is 0.0519. The fraction of sp³-hybridized carbons (Fsp3) is 0.391. The van der Waals surface area contributed by atoms with Gasteiger partial charge in [0, 0.05) is 18.8 Å². The minimum atomic E-state index is -0.229. The Morgan fingerprint density at radius 2 is 1.96 bits per heavy atom. The highest BCUT2D eigenvalue weighted by Crippen LogP contribution is 2.24. The molecule has 0 radical (unpaired) electrons. The van der Waals surface area contributed by atoms with Crippen LogP contribution in [0.15, 0.2) is 42.5 Å². The van der Waals surface area contributed by atoms with Gasteiger partial charge >= 0.3 is 0 Å². The van der Waals surface area contributed by atoms with E-state index < -0.39 is 0 Å². The maximum Gasteiger partial charge on any atom is 0.241 e. The lowest BCUT2D eigenvalue weighted by Crippen LogP contribution is -2.47. The third-order valence-corrected chi connectivity index (χ3v) is 5.30. The molecule has 1 atom stereocenters. The van der Waals surface area contributed by atoms with Gasteiger partial charge in [0.15, 0.2) is 0 Å². The zero-order valence-electron chi connectivity index (χ0n) is 16.7. The number of benzene rings is 2. The van der Waals surface area contributed by atoms with Crippen molar-refractivity contribution in [2.75, 3.05) is 18.4 Å². The van der Waals surface area contributed by atoms with Crippen molar-refractivity contribution in [1.82, 2.24) is 4.90 Å². The van der Waals surface area contributed by atoms with E-state index in [4.69, 9.17) is 10.00 Å². The molecule has 1 N–H and O–H groups in total. The first-order chi connectivity index (χ1) is 13.5. The van der Waals surface area contributed by atoms with E-state index in [1.165, 1.54) is 5.56 Å². The maximum absolute atomic E-state index is 12.6. The number of amides is 1. The van der Waals surface area contributed by atoms with E-state index in [0.717, 1.165) is 37.2 Å². The second kappa shape index (κ2) is 8.90. The lowest BCUT2D eigenvalue weighted by Gasteiger charge is -2.35. The van der Waals surface area contributed by atoms with E-state index >= 15 is 0 Å². The number of anilines is 1. The number of nitrogens with zero attached hydrogens (tertiary/aromatic N) is 2. The summed E-state index contributed by atoms with van der Waals surface area (Å²) in [7, 11) is 0. The normalized spacial score (nSPS) is 16.2. The van der Waals surface area contributed by atoms with E-state index in [0.29, 0.717) is 11.3 Å². The maximum atomic E-state index is 12.6. The van der Waals surface area contributed by atoms with E-state index in [2.05, 4.69) is 48.3 Å². The molecule has 1 unspecified atom stereocenters. The molecule has 0 spiro atoms. The van der Waals surface area contributed by atoms with Crippen LogP contribution in [-0.4, -0.2) is 36.0 Å². The molecular weight excluding hydrogens is 350 g/mol. The average molecular weight is 377 g/mol. The largest absolute Gasteiger partial charge is 0.490 e.